The lowest BCUT2D eigenvalue weighted by Crippen LogP contribution is -2.41. The molecule has 7 heteroatoms. The molecule has 0 unspecified atom stereocenters. The van der Waals surface area contributed by atoms with Gasteiger partial charge in [0.25, 0.3) is 0 Å². The molecule has 0 aliphatic carbocycles. The van der Waals surface area contributed by atoms with Crippen molar-refractivity contribution < 1.29 is 14.3 Å². The Hall–Kier alpha value is -2.67. The van der Waals surface area contributed by atoms with E-state index in [4.69, 9.17) is 9.47 Å². The first-order valence-electron chi connectivity index (χ1n) is 10.9. The molecule has 7 nitrogen and oxygen atoms in total. The standard InChI is InChI=1S/C23H32N4O3/c1-3-18-6-8-20(9-7-18)30-22-16-21(25-17-26-22)27-13-10-19(11-14-27)23(28)24-12-5-15-29-4-2/h6-9,16-17,19H,3-5,10-15H2,1-2H3,(H,24,28). The van der Waals surface area contributed by atoms with Gasteiger partial charge < -0.3 is 19.7 Å². The quantitative estimate of drug-likeness (QED) is 0.601. The number of aryl methyl sites for hydroxylation is 1. The fourth-order valence-corrected chi connectivity index (χ4v) is 3.52. The zero-order chi connectivity index (χ0) is 21.2. The Kier molecular flexibility index (Phi) is 8.44. The van der Waals surface area contributed by atoms with Crippen molar-refractivity contribution in [2.45, 2.75) is 39.5 Å². The summed E-state index contributed by atoms with van der Waals surface area (Å²) < 4.78 is 11.2. The van der Waals surface area contributed by atoms with Crippen LogP contribution in [0.3, 0.4) is 0 Å². The molecule has 0 atom stereocenters. The number of aromatic nitrogens is 2. The summed E-state index contributed by atoms with van der Waals surface area (Å²) in [5.74, 6) is 2.33. The number of carbonyl (C=O) groups is 1. The molecule has 2 heterocycles. The van der Waals surface area contributed by atoms with E-state index in [2.05, 4.69) is 39.2 Å². The van der Waals surface area contributed by atoms with Gasteiger partial charge in [-0.1, -0.05) is 19.1 Å². The molecule has 0 radical (unpaired) electrons. The number of hydrogen-bond acceptors (Lipinski definition) is 6. The molecule has 1 aliphatic heterocycles. The predicted octanol–water partition coefficient (Wildman–Crippen LogP) is 3.59. The van der Waals surface area contributed by atoms with Crippen LogP contribution in [0.5, 0.6) is 11.6 Å². The van der Waals surface area contributed by atoms with Gasteiger partial charge in [0.2, 0.25) is 11.8 Å². The van der Waals surface area contributed by atoms with Crippen molar-refractivity contribution in [2.75, 3.05) is 37.7 Å². The monoisotopic (exact) mass is 412 g/mol. The summed E-state index contributed by atoms with van der Waals surface area (Å²) in [6.45, 7) is 7.76. The van der Waals surface area contributed by atoms with Gasteiger partial charge in [0.15, 0.2) is 0 Å². The Morgan fingerprint density at radius 3 is 2.63 bits per heavy atom. The van der Waals surface area contributed by atoms with E-state index in [1.54, 1.807) is 0 Å². The van der Waals surface area contributed by atoms with Crippen LogP contribution in [0.2, 0.25) is 0 Å². The average Bonchev–Trinajstić information content (AvgIpc) is 2.79. The predicted molar refractivity (Wildman–Crippen MR) is 117 cm³/mol. The molecule has 0 spiro atoms. The number of nitrogens with one attached hydrogen (secondary N) is 1. The zero-order valence-electron chi connectivity index (χ0n) is 18.0. The topological polar surface area (TPSA) is 76.6 Å². The first-order valence-corrected chi connectivity index (χ1v) is 10.9. The second-order valence-electron chi connectivity index (χ2n) is 7.42. The van der Waals surface area contributed by atoms with Gasteiger partial charge >= 0.3 is 0 Å². The number of benzene rings is 1. The summed E-state index contributed by atoms with van der Waals surface area (Å²) in [4.78, 5) is 23.2. The molecule has 1 saturated heterocycles. The number of hydrogen-bond donors (Lipinski definition) is 1. The fourth-order valence-electron chi connectivity index (χ4n) is 3.52. The first kappa shape index (κ1) is 22.0. The SMILES string of the molecule is CCOCCCNC(=O)C1CCN(c2cc(Oc3ccc(CC)cc3)ncn2)CC1. The van der Waals surface area contributed by atoms with Crippen molar-refractivity contribution in [2.24, 2.45) is 5.92 Å². The van der Waals surface area contributed by atoms with Crippen LogP contribution in [-0.2, 0) is 16.0 Å². The second kappa shape index (κ2) is 11.5. The lowest BCUT2D eigenvalue weighted by atomic mass is 9.96. The van der Waals surface area contributed by atoms with E-state index in [1.807, 2.05) is 25.1 Å². The normalized spacial score (nSPS) is 14.5. The molecular weight excluding hydrogens is 380 g/mol. The summed E-state index contributed by atoms with van der Waals surface area (Å²) in [5.41, 5.74) is 1.27. The van der Waals surface area contributed by atoms with Gasteiger partial charge in [0.1, 0.15) is 17.9 Å². The van der Waals surface area contributed by atoms with Crippen LogP contribution in [0.1, 0.15) is 38.7 Å². The van der Waals surface area contributed by atoms with Crippen LogP contribution < -0.4 is 15.0 Å². The highest BCUT2D eigenvalue weighted by Gasteiger charge is 2.25. The fraction of sp³-hybridized carbons (Fsp3) is 0.522. The number of nitrogens with zero attached hydrogens (tertiary/aromatic N) is 3. The summed E-state index contributed by atoms with van der Waals surface area (Å²) in [7, 11) is 0. The third kappa shape index (κ3) is 6.42. The molecule has 1 aliphatic rings. The molecule has 3 rings (SSSR count). The third-order valence-corrected chi connectivity index (χ3v) is 5.34. The van der Waals surface area contributed by atoms with E-state index in [9.17, 15) is 4.79 Å². The van der Waals surface area contributed by atoms with Crippen molar-refractivity contribution in [1.82, 2.24) is 15.3 Å². The van der Waals surface area contributed by atoms with Gasteiger partial charge in [0, 0.05) is 44.8 Å². The summed E-state index contributed by atoms with van der Waals surface area (Å²) in [5, 5.41) is 3.03. The Bertz CT molecular complexity index is 789. The summed E-state index contributed by atoms with van der Waals surface area (Å²) >= 11 is 0. The van der Waals surface area contributed by atoms with Gasteiger partial charge in [-0.15, -0.1) is 0 Å². The van der Waals surface area contributed by atoms with Gasteiger partial charge in [-0.3, -0.25) is 4.79 Å². The van der Waals surface area contributed by atoms with Gasteiger partial charge in [-0.05, 0) is 50.3 Å². The average molecular weight is 413 g/mol. The molecule has 1 amide bonds. The Labute approximate surface area is 178 Å². The highest BCUT2D eigenvalue weighted by Crippen LogP contribution is 2.26. The van der Waals surface area contributed by atoms with Crippen LogP contribution in [0.25, 0.3) is 0 Å². The third-order valence-electron chi connectivity index (χ3n) is 5.34. The first-order chi connectivity index (χ1) is 14.7. The highest BCUT2D eigenvalue weighted by atomic mass is 16.5. The van der Waals surface area contributed by atoms with Crippen molar-refractivity contribution in [3.8, 4) is 11.6 Å². The number of anilines is 1. The maximum Gasteiger partial charge on any atom is 0.224 e. The number of rotatable bonds is 10. The number of piperidine rings is 1. The second-order valence-corrected chi connectivity index (χ2v) is 7.42. The molecule has 1 aromatic heterocycles. The van der Waals surface area contributed by atoms with Gasteiger partial charge in [-0.25, -0.2) is 9.97 Å². The van der Waals surface area contributed by atoms with Crippen LogP contribution in [0.4, 0.5) is 5.82 Å². The van der Waals surface area contributed by atoms with Crippen LogP contribution >= 0.6 is 0 Å². The maximum absolute atomic E-state index is 12.4. The molecular formula is C23H32N4O3. The minimum absolute atomic E-state index is 0.0583. The van der Waals surface area contributed by atoms with Crippen LogP contribution in [0, 0.1) is 5.92 Å². The largest absolute Gasteiger partial charge is 0.439 e. The minimum Gasteiger partial charge on any atom is -0.439 e. The molecule has 162 valence electrons. The lowest BCUT2D eigenvalue weighted by molar-refractivity contribution is -0.125. The summed E-state index contributed by atoms with van der Waals surface area (Å²) in [6.07, 6.45) is 5.01. The van der Waals surface area contributed by atoms with Crippen molar-refractivity contribution in [1.29, 1.82) is 0 Å². The van der Waals surface area contributed by atoms with Gasteiger partial charge in [0.05, 0.1) is 0 Å². The number of amides is 1. The van der Waals surface area contributed by atoms with Crippen LogP contribution in [-0.4, -0.2) is 48.7 Å². The minimum atomic E-state index is 0.0583. The Balaban J connectivity index is 1.48. The van der Waals surface area contributed by atoms with Crippen molar-refractivity contribution >= 4 is 11.7 Å². The van der Waals surface area contributed by atoms with E-state index in [1.165, 1.54) is 11.9 Å². The molecule has 2 aromatic rings. The Morgan fingerprint density at radius 1 is 1.17 bits per heavy atom. The van der Waals surface area contributed by atoms with E-state index in [0.29, 0.717) is 25.6 Å². The zero-order valence-corrected chi connectivity index (χ0v) is 18.0. The van der Waals surface area contributed by atoms with E-state index in [-0.39, 0.29) is 11.8 Å². The Morgan fingerprint density at radius 2 is 1.93 bits per heavy atom. The lowest BCUT2D eigenvalue weighted by Gasteiger charge is -2.32. The molecule has 0 saturated carbocycles. The van der Waals surface area contributed by atoms with Gasteiger partial charge in [-0.2, -0.15) is 0 Å². The molecule has 1 aromatic carbocycles. The van der Waals surface area contributed by atoms with E-state index in [0.717, 1.165) is 50.3 Å². The summed E-state index contributed by atoms with van der Waals surface area (Å²) in [6, 6.07) is 9.90. The smallest absolute Gasteiger partial charge is 0.224 e. The number of carbonyl (C=O) groups excluding carboxylic acids is 1. The van der Waals surface area contributed by atoms with E-state index >= 15 is 0 Å². The highest BCUT2D eigenvalue weighted by molar-refractivity contribution is 5.78. The van der Waals surface area contributed by atoms with E-state index < -0.39 is 0 Å². The number of ether oxygens (including phenoxy) is 2. The molecule has 30 heavy (non-hydrogen) atoms. The van der Waals surface area contributed by atoms with Crippen LogP contribution in [0.15, 0.2) is 36.7 Å². The van der Waals surface area contributed by atoms with Crippen molar-refractivity contribution in [3.05, 3.63) is 42.2 Å². The molecule has 1 N–H and O–H groups in total. The van der Waals surface area contributed by atoms with Crippen molar-refractivity contribution in [3.63, 3.8) is 0 Å². The molecule has 0 bridgehead atoms. The molecule has 1 fully saturated rings. The maximum atomic E-state index is 12.4.